The first kappa shape index (κ1) is 25.9. The number of hydrogen-bond acceptors (Lipinski definition) is 2. The first-order chi connectivity index (χ1) is 12.7. The van der Waals surface area contributed by atoms with Gasteiger partial charge in [-0.2, -0.15) is 0 Å². The van der Waals surface area contributed by atoms with Crippen molar-refractivity contribution in [1.82, 2.24) is 5.32 Å². The molecule has 0 bridgehead atoms. The molecular weight excluding hydrogens is 316 g/mol. The van der Waals surface area contributed by atoms with E-state index in [4.69, 9.17) is 5.73 Å². The molecule has 3 N–H and O–H groups in total. The highest BCUT2D eigenvalue weighted by Gasteiger charge is 2.19. The Bertz CT molecular complexity index is 267. The van der Waals surface area contributed by atoms with Crippen LogP contribution in [0.2, 0.25) is 0 Å². The molecule has 0 saturated heterocycles. The van der Waals surface area contributed by atoms with Crippen LogP contribution in [0, 0.1) is 0 Å². The molecule has 0 radical (unpaired) electrons. The molecule has 0 rings (SSSR count). The molecule has 2 nitrogen and oxygen atoms in total. The van der Waals surface area contributed by atoms with Crippen LogP contribution in [0.3, 0.4) is 0 Å². The van der Waals surface area contributed by atoms with Crippen molar-refractivity contribution in [2.75, 3.05) is 6.54 Å². The predicted molar refractivity (Wildman–Crippen MR) is 120 cm³/mol. The summed E-state index contributed by atoms with van der Waals surface area (Å²) in [5, 5.41) is 3.44. The Morgan fingerprint density at radius 3 is 1.19 bits per heavy atom. The summed E-state index contributed by atoms with van der Waals surface area (Å²) in [5.74, 6) is 0. The molecule has 1 unspecified atom stereocenters. The van der Waals surface area contributed by atoms with Crippen molar-refractivity contribution in [3.05, 3.63) is 0 Å². The quantitative estimate of drug-likeness (QED) is 0.161. The monoisotopic (exact) mass is 368 g/mol. The van der Waals surface area contributed by atoms with Crippen LogP contribution in [0.5, 0.6) is 0 Å². The predicted octanol–water partition coefficient (Wildman–Crippen LogP) is 7.70. The zero-order valence-electron chi connectivity index (χ0n) is 18.7. The van der Waals surface area contributed by atoms with E-state index in [1.165, 1.54) is 109 Å². The van der Waals surface area contributed by atoms with Gasteiger partial charge in [0.1, 0.15) is 0 Å². The zero-order valence-corrected chi connectivity index (χ0v) is 18.7. The average molecular weight is 369 g/mol. The maximum atomic E-state index is 6.36. The highest BCUT2D eigenvalue weighted by Crippen LogP contribution is 2.16. The lowest BCUT2D eigenvalue weighted by Gasteiger charge is -2.29. The number of hydrogen-bond donors (Lipinski definition) is 2. The van der Waals surface area contributed by atoms with E-state index in [0.717, 1.165) is 19.4 Å². The average Bonchev–Trinajstić information content (AvgIpc) is 2.64. The minimum atomic E-state index is -0.121. The minimum Gasteiger partial charge on any atom is -0.313 e. The molecular formula is C24H52N2. The van der Waals surface area contributed by atoms with E-state index in [9.17, 15) is 0 Å². The molecule has 0 fully saturated rings. The van der Waals surface area contributed by atoms with Crippen molar-refractivity contribution in [3.8, 4) is 0 Å². The van der Waals surface area contributed by atoms with Gasteiger partial charge in [0.25, 0.3) is 0 Å². The summed E-state index contributed by atoms with van der Waals surface area (Å²) < 4.78 is 0. The van der Waals surface area contributed by atoms with Gasteiger partial charge >= 0.3 is 0 Å². The largest absolute Gasteiger partial charge is 0.313 e. The molecule has 0 aliphatic rings. The van der Waals surface area contributed by atoms with Gasteiger partial charge in [0.05, 0.1) is 5.66 Å². The van der Waals surface area contributed by atoms with E-state index in [-0.39, 0.29) is 5.66 Å². The summed E-state index contributed by atoms with van der Waals surface area (Å²) in [6.07, 6.45) is 26.5. The Morgan fingerprint density at radius 1 is 0.538 bits per heavy atom. The first-order valence-electron chi connectivity index (χ1n) is 12.2. The second-order valence-electron chi connectivity index (χ2n) is 8.45. The second-order valence-corrected chi connectivity index (χ2v) is 8.45. The van der Waals surface area contributed by atoms with Gasteiger partial charge in [-0.05, 0) is 19.4 Å². The minimum absolute atomic E-state index is 0.121. The van der Waals surface area contributed by atoms with Crippen molar-refractivity contribution in [3.63, 3.8) is 0 Å². The molecule has 0 heterocycles. The number of nitrogens with one attached hydrogen (secondary N) is 1. The maximum Gasteiger partial charge on any atom is 0.0659 e. The summed E-state index contributed by atoms with van der Waals surface area (Å²) in [6.45, 7) is 7.61. The first-order valence-corrected chi connectivity index (χ1v) is 12.2. The van der Waals surface area contributed by atoms with Gasteiger partial charge in [0.2, 0.25) is 0 Å². The van der Waals surface area contributed by atoms with E-state index >= 15 is 0 Å². The molecule has 26 heavy (non-hydrogen) atoms. The third-order valence-electron chi connectivity index (χ3n) is 5.89. The summed E-state index contributed by atoms with van der Waals surface area (Å²) in [7, 11) is 0. The van der Waals surface area contributed by atoms with Crippen molar-refractivity contribution in [1.29, 1.82) is 0 Å². The molecule has 0 saturated carbocycles. The molecule has 0 spiro atoms. The van der Waals surface area contributed by atoms with E-state index in [0.29, 0.717) is 0 Å². The molecule has 0 aliphatic carbocycles. The Balaban J connectivity index is 3.18. The lowest BCUT2D eigenvalue weighted by molar-refractivity contribution is 0.295. The molecule has 0 aromatic heterocycles. The summed E-state index contributed by atoms with van der Waals surface area (Å²) in [6, 6.07) is 0. The Morgan fingerprint density at radius 2 is 0.885 bits per heavy atom. The lowest BCUT2D eigenvalue weighted by Crippen LogP contribution is -2.52. The smallest absolute Gasteiger partial charge is 0.0659 e. The Kier molecular flexibility index (Phi) is 19.6. The van der Waals surface area contributed by atoms with Crippen LogP contribution >= 0.6 is 0 Å². The van der Waals surface area contributed by atoms with Crippen molar-refractivity contribution in [2.24, 2.45) is 5.73 Å². The summed E-state index contributed by atoms with van der Waals surface area (Å²) in [4.78, 5) is 0. The Hall–Kier alpha value is -0.0800. The van der Waals surface area contributed by atoms with Crippen LogP contribution < -0.4 is 11.1 Å². The van der Waals surface area contributed by atoms with E-state index in [1.54, 1.807) is 0 Å². The van der Waals surface area contributed by atoms with Gasteiger partial charge in [-0.3, -0.25) is 5.32 Å². The maximum absolute atomic E-state index is 6.36. The van der Waals surface area contributed by atoms with Gasteiger partial charge < -0.3 is 5.73 Å². The number of unbranched alkanes of at least 4 members (excludes halogenated alkanes) is 16. The second kappa shape index (κ2) is 19.7. The van der Waals surface area contributed by atoms with Gasteiger partial charge in [0.15, 0.2) is 0 Å². The third-order valence-corrected chi connectivity index (χ3v) is 5.89. The SMILES string of the molecule is CCCCCCCCCCCCCCCCCCCC(N)(CC)NCC. The number of nitrogens with two attached hydrogens (primary N) is 1. The summed E-state index contributed by atoms with van der Waals surface area (Å²) >= 11 is 0. The molecule has 0 aromatic carbocycles. The Labute approximate surface area is 166 Å². The van der Waals surface area contributed by atoms with Gasteiger partial charge in [-0.25, -0.2) is 0 Å². The van der Waals surface area contributed by atoms with Gasteiger partial charge in [0, 0.05) is 0 Å². The van der Waals surface area contributed by atoms with E-state index in [1.807, 2.05) is 0 Å². The molecule has 0 aromatic rings. The van der Waals surface area contributed by atoms with Gasteiger partial charge in [-0.1, -0.05) is 130 Å². The van der Waals surface area contributed by atoms with E-state index < -0.39 is 0 Å². The molecule has 2 heteroatoms. The van der Waals surface area contributed by atoms with Gasteiger partial charge in [-0.15, -0.1) is 0 Å². The normalized spacial score (nSPS) is 13.8. The van der Waals surface area contributed by atoms with E-state index in [2.05, 4.69) is 26.1 Å². The highest BCUT2D eigenvalue weighted by molar-refractivity contribution is 4.78. The van der Waals surface area contributed by atoms with Crippen molar-refractivity contribution >= 4 is 0 Å². The van der Waals surface area contributed by atoms with Crippen LogP contribution in [-0.4, -0.2) is 12.2 Å². The zero-order chi connectivity index (χ0) is 19.3. The van der Waals surface area contributed by atoms with Crippen LogP contribution in [0.4, 0.5) is 0 Å². The topological polar surface area (TPSA) is 38.0 Å². The highest BCUT2D eigenvalue weighted by atomic mass is 15.1. The van der Waals surface area contributed by atoms with Crippen LogP contribution in [-0.2, 0) is 0 Å². The van der Waals surface area contributed by atoms with Crippen LogP contribution in [0.25, 0.3) is 0 Å². The lowest BCUT2D eigenvalue weighted by atomic mass is 9.98. The number of rotatable bonds is 21. The summed E-state index contributed by atoms with van der Waals surface area (Å²) in [5.41, 5.74) is 6.24. The molecule has 0 aliphatic heterocycles. The van der Waals surface area contributed by atoms with Crippen LogP contribution in [0.1, 0.15) is 143 Å². The fourth-order valence-electron chi connectivity index (χ4n) is 3.91. The molecule has 1 atom stereocenters. The van der Waals surface area contributed by atoms with Crippen molar-refractivity contribution < 1.29 is 0 Å². The standard InChI is InChI=1S/C24H52N2/c1-4-7-8-9-10-11-12-13-14-15-16-17-18-19-20-21-22-23-24(25,5-2)26-6-3/h26H,4-23,25H2,1-3H3. The fourth-order valence-corrected chi connectivity index (χ4v) is 3.91. The van der Waals surface area contributed by atoms with Crippen molar-refractivity contribution in [2.45, 2.75) is 148 Å². The van der Waals surface area contributed by atoms with Crippen LogP contribution in [0.15, 0.2) is 0 Å². The fraction of sp³-hybridized carbons (Fsp3) is 1.00. The molecule has 0 amide bonds. The third kappa shape index (κ3) is 17.3. The molecule has 158 valence electrons.